The minimum atomic E-state index is 0.577. The molecule has 0 saturated carbocycles. The molecule has 0 bridgehead atoms. The van der Waals surface area contributed by atoms with E-state index < -0.39 is 0 Å². The number of rotatable bonds is 5. The Balaban J connectivity index is 1.20. The molecule has 244 valence electrons. The molecule has 52 heavy (non-hydrogen) atoms. The van der Waals surface area contributed by atoms with Crippen LogP contribution in [0.4, 0.5) is 17.3 Å². The molecule has 0 saturated heterocycles. The van der Waals surface area contributed by atoms with Crippen molar-refractivity contribution in [2.45, 2.75) is 0 Å². The van der Waals surface area contributed by atoms with Gasteiger partial charge in [0.25, 0.3) is 0 Å². The van der Waals surface area contributed by atoms with Gasteiger partial charge in [0, 0.05) is 27.8 Å². The van der Waals surface area contributed by atoms with Gasteiger partial charge in [-0.3, -0.25) is 9.47 Å². The quantitative estimate of drug-likeness (QED) is 0.183. The first-order valence-electron chi connectivity index (χ1n) is 17.3. The molecule has 2 aromatic heterocycles. The number of benzene rings is 7. The molecule has 6 nitrogen and oxygen atoms in total. The number of para-hydroxylation sites is 5. The number of hydrogen-bond donors (Lipinski definition) is 0. The predicted molar refractivity (Wildman–Crippen MR) is 210 cm³/mol. The van der Waals surface area contributed by atoms with Gasteiger partial charge in [0.2, 0.25) is 5.95 Å². The summed E-state index contributed by atoms with van der Waals surface area (Å²) in [5.74, 6) is 2.58. The average Bonchev–Trinajstić information content (AvgIpc) is 3.55. The van der Waals surface area contributed by atoms with Crippen molar-refractivity contribution in [3.8, 4) is 62.1 Å². The van der Waals surface area contributed by atoms with Crippen LogP contribution in [0.3, 0.4) is 0 Å². The minimum Gasteiger partial charge on any atom is -0.279 e. The van der Waals surface area contributed by atoms with Crippen LogP contribution in [0.2, 0.25) is 0 Å². The molecule has 0 aliphatic carbocycles. The summed E-state index contributed by atoms with van der Waals surface area (Å²) in [6, 6.07) is 62.7. The lowest BCUT2D eigenvalue weighted by molar-refractivity contribution is 1.04. The lowest BCUT2D eigenvalue weighted by atomic mass is 10.0. The van der Waals surface area contributed by atoms with Crippen molar-refractivity contribution in [2.24, 2.45) is 0 Å². The third kappa shape index (κ3) is 4.96. The number of hydrogen-bond acceptors (Lipinski definition) is 5. The fourth-order valence-electron chi connectivity index (χ4n) is 7.18. The van der Waals surface area contributed by atoms with E-state index in [0.29, 0.717) is 17.5 Å². The molecular formula is C46H30N6. The Morgan fingerprint density at radius 3 is 1.44 bits per heavy atom. The van der Waals surface area contributed by atoms with E-state index in [1.807, 2.05) is 48.5 Å². The monoisotopic (exact) mass is 666 g/mol. The summed E-state index contributed by atoms with van der Waals surface area (Å²) in [7, 11) is 0. The molecule has 7 aromatic carbocycles. The Morgan fingerprint density at radius 2 is 0.750 bits per heavy atom. The summed E-state index contributed by atoms with van der Waals surface area (Å²) >= 11 is 0. The van der Waals surface area contributed by atoms with E-state index in [1.165, 1.54) is 0 Å². The second-order valence-electron chi connectivity index (χ2n) is 12.7. The van der Waals surface area contributed by atoms with Crippen molar-refractivity contribution in [3.05, 3.63) is 182 Å². The standard InChI is InChI=1S/C46H30N6/c1-3-15-31(16-4-1)32-27-29-34(30-28-32)44-48-43(33-17-5-2-6-18-33)49-45(50-44)37-21-9-13-25-41(37)51-39-23-11-7-19-35(39)36-20-8-12-24-40(36)52-42-26-14-10-22-38(42)47-46(51)52/h1-30H. The molecular weight excluding hydrogens is 637 g/mol. The van der Waals surface area contributed by atoms with Gasteiger partial charge in [-0.15, -0.1) is 0 Å². The molecule has 0 spiro atoms. The van der Waals surface area contributed by atoms with Crippen LogP contribution in [0, 0.1) is 0 Å². The summed E-state index contributed by atoms with van der Waals surface area (Å²) in [4.78, 5) is 23.0. The van der Waals surface area contributed by atoms with Crippen molar-refractivity contribution in [1.29, 1.82) is 0 Å². The van der Waals surface area contributed by atoms with Crippen molar-refractivity contribution in [1.82, 2.24) is 24.5 Å². The Hall–Kier alpha value is -7.18. The highest BCUT2D eigenvalue weighted by Gasteiger charge is 2.30. The average molecular weight is 667 g/mol. The predicted octanol–water partition coefficient (Wildman–Crippen LogP) is 11.3. The minimum absolute atomic E-state index is 0.577. The van der Waals surface area contributed by atoms with Crippen LogP contribution in [0.5, 0.6) is 0 Å². The topological polar surface area (TPSA) is 59.7 Å². The number of aromatic nitrogens is 5. The zero-order valence-electron chi connectivity index (χ0n) is 28.0. The van der Waals surface area contributed by atoms with Crippen LogP contribution in [-0.2, 0) is 0 Å². The summed E-state index contributed by atoms with van der Waals surface area (Å²) in [6.45, 7) is 0. The SMILES string of the molecule is c1ccc(-c2ccc(-c3nc(-c4ccccc4)nc(-c4ccccc4N4c5ccccc5-c5ccccc5-n5c4nc4ccccc45)n3)cc2)cc1. The van der Waals surface area contributed by atoms with Gasteiger partial charge in [-0.05, 0) is 47.5 Å². The second-order valence-corrected chi connectivity index (χ2v) is 12.7. The molecule has 0 fully saturated rings. The van der Waals surface area contributed by atoms with Crippen LogP contribution in [0.25, 0.3) is 73.1 Å². The molecule has 9 aromatic rings. The maximum Gasteiger partial charge on any atom is 0.220 e. The molecule has 0 amide bonds. The largest absolute Gasteiger partial charge is 0.279 e. The number of anilines is 3. The van der Waals surface area contributed by atoms with E-state index in [2.05, 4.69) is 143 Å². The highest BCUT2D eigenvalue weighted by molar-refractivity contribution is 5.98. The Labute approximate surface area is 301 Å². The second kappa shape index (κ2) is 12.3. The number of nitrogens with zero attached hydrogens (tertiary/aromatic N) is 6. The van der Waals surface area contributed by atoms with Crippen LogP contribution in [0.15, 0.2) is 182 Å². The highest BCUT2D eigenvalue weighted by Crippen LogP contribution is 2.49. The van der Waals surface area contributed by atoms with Gasteiger partial charge in [0.1, 0.15) is 0 Å². The first-order chi connectivity index (χ1) is 25.8. The van der Waals surface area contributed by atoms with Crippen molar-refractivity contribution in [3.63, 3.8) is 0 Å². The van der Waals surface area contributed by atoms with Crippen LogP contribution in [-0.4, -0.2) is 24.5 Å². The van der Waals surface area contributed by atoms with Crippen LogP contribution in [0.1, 0.15) is 0 Å². The van der Waals surface area contributed by atoms with E-state index in [9.17, 15) is 0 Å². The molecule has 0 atom stereocenters. The zero-order chi connectivity index (χ0) is 34.4. The lowest BCUT2D eigenvalue weighted by Crippen LogP contribution is -2.15. The highest BCUT2D eigenvalue weighted by atomic mass is 15.3. The van der Waals surface area contributed by atoms with Crippen molar-refractivity contribution < 1.29 is 0 Å². The van der Waals surface area contributed by atoms with Crippen LogP contribution < -0.4 is 4.90 Å². The van der Waals surface area contributed by atoms with Crippen molar-refractivity contribution in [2.75, 3.05) is 4.90 Å². The van der Waals surface area contributed by atoms with Gasteiger partial charge in [-0.2, -0.15) is 0 Å². The summed E-state index contributed by atoms with van der Waals surface area (Å²) in [5, 5.41) is 0. The third-order valence-corrected chi connectivity index (χ3v) is 9.63. The van der Waals surface area contributed by atoms with Crippen LogP contribution >= 0.6 is 0 Å². The van der Waals surface area contributed by atoms with Gasteiger partial charge in [0.15, 0.2) is 17.5 Å². The fourth-order valence-corrected chi connectivity index (χ4v) is 7.18. The summed E-state index contributed by atoms with van der Waals surface area (Å²) in [6.07, 6.45) is 0. The molecule has 1 aliphatic rings. The van der Waals surface area contributed by atoms with E-state index in [-0.39, 0.29) is 0 Å². The maximum absolute atomic E-state index is 5.30. The molecule has 0 unspecified atom stereocenters. The maximum atomic E-state index is 5.30. The first kappa shape index (κ1) is 29.7. The zero-order valence-corrected chi connectivity index (χ0v) is 28.0. The van der Waals surface area contributed by atoms with Gasteiger partial charge in [-0.25, -0.2) is 19.9 Å². The smallest absolute Gasteiger partial charge is 0.220 e. The summed E-state index contributed by atoms with van der Waals surface area (Å²) in [5.41, 5.74) is 12.2. The van der Waals surface area contributed by atoms with E-state index in [0.717, 1.165) is 73.0 Å². The van der Waals surface area contributed by atoms with E-state index in [1.54, 1.807) is 0 Å². The van der Waals surface area contributed by atoms with Crippen molar-refractivity contribution >= 4 is 28.4 Å². The molecule has 6 heteroatoms. The number of fused-ring (bicyclic) bond motifs is 7. The fraction of sp³-hybridized carbons (Fsp3) is 0. The Bertz CT molecular complexity index is 2740. The molecule has 0 radical (unpaired) electrons. The van der Waals surface area contributed by atoms with Gasteiger partial charge < -0.3 is 0 Å². The molecule has 1 aliphatic heterocycles. The van der Waals surface area contributed by atoms with Gasteiger partial charge in [-0.1, -0.05) is 146 Å². The third-order valence-electron chi connectivity index (χ3n) is 9.63. The van der Waals surface area contributed by atoms with Gasteiger partial charge >= 0.3 is 0 Å². The van der Waals surface area contributed by atoms with Gasteiger partial charge in [0.05, 0.1) is 28.1 Å². The molecule has 3 heterocycles. The molecule has 0 N–H and O–H groups in total. The first-order valence-corrected chi connectivity index (χ1v) is 17.3. The Kier molecular flexibility index (Phi) is 7.03. The summed E-state index contributed by atoms with van der Waals surface area (Å²) < 4.78 is 2.27. The Morgan fingerprint density at radius 1 is 0.308 bits per heavy atom. The lowest BCUT2D eigenvalue weighted by Gasteiger charge is -2.26. The molecule has 10 rings (SSSR count). The van der Waals surface area contributed by atoms with E-state index >= 15 is 0 Å². The van der Waals surface area contributed by atoms with E-state index in [4.69, 9.17) is 19.9 Å². The normalized spacial score (nSPS) is 11.8. The number of imidazole rings is 1.